The molecule has 2 amide bonds. The molecule has 2 aromatic heterocycles. The van der Waals surface area contributed by atoms with Crippen molar-refractivity contribution in [3.8, 4) is 5.69 Å². The zero-order valence-electron chi connectivity index (χ0n) is 17.1. The van der Waals surface area contributed by atoms with Crippen LogP contribution in [0.25, 0.3) is 5.69 Å². The minimum atomic E-state index is -0.186. The van der Waals surface area contributed by atoms with E-state index in [0.717, 1.165) is 11.3 Å². The summed E-state index contributed by atoms with van der Waals surface area (Å²) < 4.78 is 1.68. The quantitative estimate of drug-likeness (QED) is 0.490. The minimum absolute atomic E-state index is 0.125. The van der Waals surface area contributed by atoms with E-state index < -0.39 is 0 Å². The molecule has 0 unspecified atom stereocenters. The summed E-state index contributed by atoms with van der Waals surface area (Å²) in [5, 5.41) is 8.82. The van der Waals surface area contributed by atoms with E-state index in [0.29, 0.717) is 16.1 Å². The van der Waals surface area contributed by atoms with Crippen LogP contribution in [0.3, 0.4) is 0 Å². The number of benzene rings is 2. The van der Waals surface area contributed by atoms with Crippen molar-refractivity contribution in [1.82, 2.24) is 19.7 Å². The predicted molar refractivity (Wildman–Crippen MR) is 121 cm³/mol. The van der Waals surface area contributed by atoms with Gasteiger partial charge in [-0.15, -0.1) is 11.3 Å². The van der Waals surface area contributed by atoms with Gasteiger partial charge in [-0.05, 0) is 54.3 Å². The van der Waals surface area contributed by atoms with E-state index in [9.17, 15) is 9.59 Å². The first-order valence-electron chi connectivity index (χ1n) is 9.70. The second kappa shape index (κ2) is 8.93. The zero-order chi connectivity index (χ0) is 21.8. The number of hydrogen-bond acceptors (Lipinski definition) is 5. The fourth-order valence-electron chi connectivity index (χ4n) is 3.18. The van der Waals surface area contributed by atoms with Gasteiger partial charge in [-0.3, -0.25) is 9.59 Å². The van der Waals surface area contributed by atoms with Gasteiger partial charge in [0.15, 0.2) is 0 Å². The molecule has 0 fully saturated rings. The van der Waals surface area contributed by atoms with Gasteiger partial charge in [0.05, 0.1) is 16.6 Å². The number of amides is 2. The average molecular weight is 432 g/mol. The first-order valence-corrected chi connectivity index (χ1v) is 10.6. The van der Waals surface area contributed by atoms with E-state index >= 15 is 0 Å². The molecule has 0 bridgehead atoms. The third-order valence-corrected chi connectivity index (χ3v) is 5.94. The molecule has 4 aromatic rings. The monoisotopic (exact) mass is 431 g/mol. The third kappa shape index (κ3) is 4.54. The Labute approximate surface area is 184 Å². The molecule has 0 aliphatic rings. The van der Waals surface area contributed by atoms with Crippen molar-refractivity contribution in [3.63, 3.8) is 0 Å². The molecule has 0 saturated carbocycles. The van der Waals surface area contributed by atoms with Crippen molar-refractivity contribution in [1.29, 1.82) is 0 Å². The largest absolute Gasteiger partial charge is 0.335 e. The lowest BCUT2D eigenvalue weighted by molar-refractivity contribution is 0.0742. The molecule has 2 heterocycles. The number of anilines is 1. The molecular weight excluding hydrogens is 410 g/mol. The molecule has 0 aliphatic carbocycles. The van der Waals surface area contributed by atoms with E-state index in [1.165, 1.54) is 17.7 Å². The molecule has 31 heavy (non-hydrogen) atoms. The lowest BCUT2D eigenvalue weighted by Gasteiger charge is -2.26. The summed E-state index contributed by atoms with van der Waals surface area (Å²) in [6.45, 7) is 1.98. The molecule has 7 nitrogen and oxygen atoms in total. The van der Waals surface area contributed by atoms with Crippen LogP contribution >= 0.6 is 11.3 Å². The summed E-state index contributed by atoms with van der Waals surface area (Å²) in [5.74, 6) is -0.311. The highest BCUT2D eigenvalue weighted by Gasteiger charge is 2.19. The number of rotatable bonds is 6. The van der Waals surface area contributed by atoms with Crippen molar-refractivity contribution < 1.29 is 9.59 Å². The van der Waals surface area contributed by atoms with Crippen LogP contribution in [0.5, 0.6) is 0 Å². The van der Waals surface area contributed by atoms with Crippen LogP contribution in [-0.4, -0.2) is 38.5 Å². The Bertz CT molecular complexity index is 1170. The van der Waals surface area contributed by atoms with Gasteiger partial charge < -0.3 is 10.2 Å². The first-order chi connectivity index (χ1) is 15.0. The summed E-state index contributed by atoms with van der Waals surface area (Å²) in [4.78, 5) is 31.6. The Morgan fingerprint density at radius 3 is 2.58 bits per heavy atom. The van der Waals surface area contributed by atoms with Crippen molar-refractivity contribution >= 4 is 28.8 Å². The summed E-state index contributed by atoms with van der Waals surface area (Å²) in [7, 11) is 1.77. The molecule has 4 rings (SSSR count). The standard InChI is InChI=1S/C23H21N5O2S/c1-16(17-8-10-20(11-9-17)28-15-24-14-25-28)27(2)23(30)18-5-3-6-19(13-18)26-22(29)21-7-4-12-31-21/h3-16H,1-2H3,(H,26,29)/t16-/m0/s1. The van der Waals surface area contributed by atoms with Crippen LogP contribution < -0.4 is 5.32 Å². The molecule has 2 aromatic carbocycles. The Morgan fingerprint density at radius 2 is 1.90 bits per heavy atom. The van der Waals surface area contributed by atoms with E-state index in [1.54, 1.807) is 53.3 Å². The SMILES string of the molecule is C[C@@H](c1ccc(-n2cncn2)cc1)N(C)C(=O)c1cccc(NC(=O)c2cccs2)c1. The molecule has 1 N–H and O–H groups in total. The molecule has 156 valence electrons. The van der Waals surface area contributed by atoms with Gasteiger partial charge in [0.2, 0.25) is 0 Å². The van der Waals surface area contributed by atoms with Gasteiger partial charge in [-0.2, -0.15) is 5.10 Å². The van der Waals surface area contributed by atoms with E-state index in [1.807, 2.05) is 42.6 Å². The number of thiophene rings is 1. The normalized spacial score (nSPS) is 11.7. The van der Waals surface area contributed by atoms with Gasteiger partial charge in [0.1, 0.15) is 12.7 Å². The van der Waals surface area contributed by atoms with Crippen molar-refractivity contribution in [3.05, 3.63) is 94.7 Å². The lowest BCUT2D eigenvalue weighted by Crippen LogP contribution is -2.29. The van der Waals surface area contributed by atoms with E-state index in [2.05, 4.69) is 15.4 Å². The smallest absolute Gasteiger partial charge is 0.265 e. The molecule has 0 saturated heterocycles. The van der Waals surface area contributed by atoms with Crippen LogP contribution in [0.4, 0.5) is 5.69 Å². The van der Waals surface area contributed by atoms with Gasteiger partial charge in [0, 0.05) is 18.3 Å². The van der Waals surface area contributed by atoms with Crippen LogP contribution in [-0.2, 0) is 0 Å². The highest BCUT2D eigenvalue weighted by Crippen LogP contribution is 2.23. The van der Waals surface area contributed by atoms with Crippen LogP contribution in [0.1, 0.15) is 38.6 Å². The predicted octanol–water partition coefficient (Wildman–Crippen LogP) is 4.41. The van der Waals surface area contributed by atoms with Gasteiger partial charge in [-0.25, -0.2) is 9.67 Å². The maximum Gasteiger partial charge on any atom is 0.265 e. The van der Waals surface area contributed by atoms with Crippen molar-refractivity contribution in [2.24, 2.45) is 0 Å². The summed E-state index contributed by atoms with van der Waals surface area (Å²) in [5.41, 5.74) is 3.00. The van der Waals surface area contributed by atoms with Crippen LogP contribution in [0.15, 0.2) is 78.7 Å². The van der Waals surface area contributed by atoms with Crippen LogP contribution in [0.2, 0.25) is 0 Å². The highest BCUT2D eigenvalue weighted by atomic mass is 32.1. The summed E-state index contributed by atoms with van der Waals surface area (Å²) >= 11 is 1.37. The van der Waals surface area contributed by atoms with Gasteiger partial charge >= 0.3 is 0 Å². The summed E-state index contributed by atoms with van der Waals surface area (Å²) in [6.07, 6.45) is 3.12. The molecular formula is C23H21N5O2S. The average Bonchev–Trinajstić information content (AvgIpc) is 3.52. The Kier molecular flexibility index (Phi) is 5.90. The van der Waals surface area contributed by atoms with E-state index in [-0.39, 0.29) is 17.9 Å². The summed E-state index contributed by atoms with van der Waals surface area (Å²) in [6, 6.07) is 18.3. The molecule has 0 radical (unpaired) electrons. The zero-order valence-corrected chi connectivity index (χ0v) is 17.9. The number of aromatic nitrogens is 3. The fraction of sp³-hybridized carbons (Fsp3) is 0.130. The van der Waals surface area contributed by atoms with Gasteiger partial charge in [-0.1, -0.05) is 24.3 Å². The first kappa shape index (κ1) is 20.5. The van der Waals surface area contributed by atoms with Crippen LogP contribution in [0, 0.1) is 0 Å². The molecule has 1 atom stereocenters. The highest BCUT2D eigenvalue weighted by molar-refractivity contribution is 7.12. The number of hydrogen-bond donors (Lipinski definition) is 1. The number of carbonyl (C=O) groups excluding carboxylic acids is 2. The van der Waals surface area contributed by atoms with Crippen molar-refractivity contribution in [2.45, 2.75) is 13.0 Å². The van der Waals surface area contributed by atoms with Crippen molar-refractivity contribution in [2.75, 3.05) is 12.4 Å². The second-order valence-electron chi connectivity index (χ2n) is 7.04. The maximum absolute atomic E-state index is 13.1. The molecule has 8 heteroatoms. The number of nitrogens with one attached hydrogen (secondary N) is 1. The number of carbonyl (C=O) groups is 2. The second-order valence-corrected chi connectivity index (χ2v) is 7.98. The Hall–Kier alpha value is -3.78. The third-order valence-electron chi connectivity index (χ3n) is 5.07. The topological polar surface area (TPSA) is 80.1 Å². The minimum Gasteiger partial charge on any atom is -0.335 e. The maximum atomic E-state index is 13.1. The van der Waals surface area contributed by atoms with Gasteiger partial charge in [0.25, 0.3) is 11.8 Å². The lowest BCUT2D eigenvalue weighted by atomic mass is 10.1. The Balaban J connectivity index is 1.46. The molecule has 0 spiro atoms. The number of nitrogens with zero attached hydrogens (tertiary/aromatic N) is 4. The van der Waals surface area contributed by atoms with E-state index in [4.69, 9.17) is 0 Å². The Morgan fingerprint density at radius 1 is 1.10 bits per heavy atom. The molecule has 0 aliphatic heterocycles. The fourth-order valence-corrected chi connectivity index (χ4v) is 3.80.